The Bertz CT molecular complexity index is 897. The number of carbonyl (C=O) groups is 1. The fourth-order valence-corrected chi connectivity index (χ4v) is 2.33. The van der Waals surface area contributed by atoms with Crippen molar-refractivity contribution in [3.8, 4) is 5.75 Å². The van der Waals surface area contributed by atoms with E-state index in [1.54, 1.807) is 36.4 Å². The molecule has 0 fully saturated rings. The molecule has 4 heteroatoms. The van der Waals surface area contributed by atoms with Gasteiger partial charge in [-0.1, -0.05) is 37.3 Å². The van der Waals surface area contributed by atoms with Crippen LogP contribution in [-0.2, 0) is 0 Å². The normalized spacial score (nSPS) is 10.7. The standard InChI is InChI=1S/C19H17NO3/c1-2-10-22-15-9-8-14-11-16(19(20)23-17(14)12-15)18(21)13-6-4-3-5-7-13/h3-9,11-12,20H,2,10H2,1H3. The molecule has 0 saturated carbocycles. The highest BCUT2D eigenvalue weighted by molar-refractivity contribution is 6.09. The molecule has 0 bridgehead atoms. The first-order chi connectivity index (χ1) is 11.2. The van der Waals surface area contributed by atoms with Crippen LogP contribution in [0.5, 0.6) is 5.75 Å². The molecule has 0 radical (unpaired) electrons. The molecule has 0 saturated heterocycles. The number of ketones is 1. The van der Waals surface area contributed by atoms with E-state index in [-0.39, 0.29) is 16.9 Å². The lowest BCUT2D eigenvalue weighted by molar-refractivity contribution is 0.103. The SMILES string of the molecule is CCCOc1ccc2cc(C(=O)c3ccccc3)c(=N)oc2c1. The Morgan fingerprint density at radius 1 is 1.13 bits per heavy atom. The molecular formula is C19H17NO3. The summed E-state index contributed by atoms with van der Waals surface area (Å²) in [5.74, 6) is 0.484. The lowest BCUT2D eigenvalue weighted by atomic mass is 10.0. The zero-order valence-corrected chi connectivity index (χ0v) is 12.8. The van der Waals surface area contributed by atoms with Gasteiger partial charge in [0.1, 0.15) is 11.3 Å². The zero-order valence-electron chi connectivity index (χ0n) is 12.8. The van der Waals surface area contributed by atoms with Gasteiger partial charge in [-0.3, -0.25) is 10.2 Å². The van der Waals surface area contributed by atoms with Crippen molar-refractivity contribution < 1.29 is 13.9 Å². The van der Waals surface area contributed by atoms with Gasteiger partial charge in [0, 0.05) is 17.0 Å². The number of hydrogen-bond acceptors (Lipinski definition) is 4. The summed E-state index contributed by atoms with van der Waals surface area (Å²) in [5, 5.41) is 8.78. The quantitative estimate of drug-likeness (QED) is 0.726. The van der Waals surface area contributed by atoms with E-state index in [1.807, 2.05) is 25.1 Å². The molecule has 0 aliphatic heterocycles. The van der Waals surface area contributed by atoms with E-state index in [0.717, 1.165) is 11.8 Å². The van der Waals surface area contributed by atoms with Crippen LogP contribution in [0.1, 0.15) is 29.3 Å². The van der Waals surface area contributed by atoms with Gasteiger partial charge in [-0.2, -0.15) is 0 Å². The lowest BCUT2D eigenvalue weighted by Crippen LogP contribution is -2.14. The fourth-order valence-electron chi connectivity index (χ4n) is 2.33. The maximum atomic E-state index is 12.5. The highest BCUT2D eigenvalue weighted by Gasteiger charge is 2.13. The molecule has 0 aliphatic rings. The monoisotopic (exact) mass is 307 g/mol. The summed E-state index contributed by atoms with van der Waals surface area (Å²) >= 11 is 0. The predicted molar refractivity (Wildman–Crippen MR) is 87.7 cm³/mol. The van der Waals surface area contributed by atoms with Gasteiger partial charge in [0.05, 0.1) is 12.2 Å². The van der Waals surface area contributed by atoms with Crippen LogP contribution < -0.4 is 10.3 Å². The smallest absolute Gasteiger partial charge is 0.223 e. The minimum atomic E-state index is -0.215. The molecule has 23 heavy (non-hydrogen) atoms. The topological polar surface area (TPSA) is 63.3 Å². The summed E-state index contributed by atoms with van der Waals surface area (Å²) in [6.07, 6.45) is 0.920. The molecule has 0 spiro atoms. The highest BCUT2D eigenvalue weighted by atomic mass is 16.5. The van der Waals surface area contributed by atoms with Crippen molar-refractivity contribution in [2.24, 2.45) is 0 Å². The first-order valence-electron chi connectivity index (χ1n) is 7.54. The van der Waals surface area contributed by atoms with Gasteiger partial charge in [-0.05, 0) is 24.6 Å². The number of hydrogen-bond donors (Lipinski definition) is 1. The second kappa shape index (κ2) is 6.48. The first-order valence-corrected chi connectivity index (χ1v) is 7.54. The number of rotatable bonds is 5. The Balaban J connectivity index is 2.02. The first kappa shape index (κ1) is 15.0. The van der Waals surface area contributed by atoms with Crippen molar-refractivity contribution in [3.63, 3.8) is 0 Å². The van der Waals surface area contributed by atoms with E-state index in [2.05, 4.69) is 0 Å². The molecular weight excluding hydrogens is 290 g/mol. The summed E-state index contributed by atoms with van der Waals surface area (Å²) in [5.41, 5.74) is 1.19. The van der Waals surface area contributed by atoms with E-state index in [1.165, 1.54) is 0 Å². The Morgan fingerprint density at radius 3 is 2.65 bits per heavy atom. The van der Waals surface area contributed by atoms with Gasteiger partial charge in [-0.25, -0.2) is 0 Å². The number of carbonyl (C=O) groups excluding carboxylic acids is 1. The van der Waals surface area contributed by atoms with E-state index >= 15 is 0 Å². The van der Waals surface area contributed by atoms with Crippen LogP contribution in [0.2, 0.25) is 0 Å². The average Bonchev–Trinajstić information content (AvgIpc) is 2.59. The summed E-state index contributed by atoms with van der Waals surface area (Å²) in [4.78, 5) is 12.5. The van der Waals surface area contributed by atoms with Crippen LogP contribution in [0.3, 0.4) is 0 Å². The summed E-state index contributed by atoms with van der Waals surface area (Å²) in [6.45, 7) is 2.67. The molecule has 116 valence electrons. The van der Waals surface area contributed by atoms with Crippen molar-refractivity contribution in [2.45, 2.75) is 13.3 Å². The third-order valence-corrected chi connectivity index (χ3v) is 3.49. The minimum absolute atomic E-state index is 0.140. The molecule has 0 atom stereocenters. The van der Waals surface area contributed by atoms with Crippen LogP contribution >= 0.6 is 0 Å². The average molecular weight is 307 g/mol. The van der Waals surface area contributed by atoms with Crippen LogP contribution in [-0.4, -0.2) is 12.4 Å². The fraction of sp³-hybridized carbons (Fsp3) is 0.158. The second-order valence-electron chi connectivity index (χ2n) is 5.23. The third kappa shape index (κ3) is 3.16. The summed E-state index contributed by atoms with van der Waals surface area (Å²) < 4.78 is 11.1. The van der Waals surface area contributed by atoms with Crippen LogP contribution in [0.4, 0.5) is 0 Å². The highest BCUT2D eigenvalue weighted by Crippen LogP contribution is 2.21. The van der Waals surface area contributed by atoms with Crippen LogP contribution in [0.15, 0.2) is 59.0 Å². The van der Waals surface area contributed by atoms with Gasteiger partial charge >= 0.3 is 0 Å². The largest absolute Gasteiger partial charge is 0.493 e. The van der Waals surface area contributed by atoms with Crippen molar-refractivity contribution in [2.75, 3.05) is 6.61 Å². The molecule has 0 amide bonds. The van der Waals surface area contributed by atoms with Gasteiger partial charge in [0.25, 0.3) is 0 Å². The molecule has 2 aromatic carbocycles. The minimum Gasteiger partial charge on any atom is -0.493 e. The number of benzene rings is 2. The molecule has 0 unspecified atom stereocenters. The molecule has 3 aromatic rings. The van der Waals surface area contributed by atoms with Crippen LogP contribution in [0.25, 0.3) is 11.0 Å². The van der Waals surface area contributed by atoms with Gasteiger partial charge < -0.3 is 9.15 Å². The molecule has 1 N–H and O–H groups in total. The Labute approximate surface area is 133 Å². The molecule has 0 aliphatic carbocycles. The Kier molecular flexibility index (Phi) is 4.24. The maximum absolute atomic E-state index is 12.5. The van der Waals surface area contributed by atoms with Crippen molar-refractivity contribution in [1.29, 1.82) is 5.41 Å². The van der Waals surface area contributed by atoms with Gasteiger partial charge in [-0.15, -0.1) is 0 Å². The zero-order chi connectivity index (χ0) is 16.2. The third-order valence-electron chi connectivity index (χ3n) is 3.49. The van der Waals surface area contributed by atoms with Crippen molar-refractivity contribution in [1.82, 2.24) is 0 Å². The van der Waals surface area contributed by atoms with E-state index in [9.17, 15) is 4.79 Å². The van der Waals surface area contributed by atoms with E-state index < -0.39 is 0 Å². The summed E-state index contributed by atoms with van der Waals surface area (Å²) in [6, 6.07) is 16.0. The van der Waals surface area contributed by atoms with Crippen molar-refractivity contribution >= 4 is 16.8 Å². The van der Waals surface area contributed by atoms with Crippen molar-refractivity contribution in [3.05, 3.63) is 71.3 Å². The maximum Gasteiger partial charge on any atom is 0.223 e. The lowest BCUT2D eigenvalue weighted by Gasteiger charge is -2.07. The Morgan fingerprint density at radius 2 is 1.91 bits per heavy atom. The van der Waals surface area contributed by atoms with E-state index in [4.69, 9.17) is 14.6 Å². The Hall–Kier alpha value is -2.88. The van der Waals surface area contributed by atoms with Gasteiger partial charge in [0.2, 0.25) is 5.55 Å². The number of ether oxygens (including phenoxy) is 1. The number of nitrogens with one attached hydrogen (secondary N) is 1. The number of fused-ring (bicyclic) bond motifs is 1. The molecule has 3 rings (SSSR count). The van der Waals surface area contributed by atoms with Crippen LogP contribution in [0, 0.1) is 5.41 Å². The predicted octanol–water partition coefficient (Wildman–Crippen LogP) is 3.93. The molecule has 4 nitrogen and oxygen atoms in total. The summed E-state index contributed by atoms with van der Waals surface area (Å²) in [7, 11) is 0. The van der Waals surface area contributed by atoms with Gasteiger partial charge in [0.15, 0.2) is 5.78 Å². The second-order valence-corrected chi connectivity index (χ2v) is 5.23. The molecule has 1 aromatic heterocycles. The molecule has 1 heterocycles. The van der Waals surface area contributed by atoms with E-state index in [0.29, 0.717) is 23.5 Å².